The minimum Gasteiger partial charge on any atom is -0.488 e. The number of carboxylic acids is 1. The van der Waals surface area contributed by atoms with Crippen LogP contribution in [0.25, 0.3) is 0 Å². The number of hydrogen-bond donors (Lipinski definition) is 2. The molecule has 0 aliphatic carbocycles. The summed E-state index contributed by atoms with van der Waals surface area (Å²) in [5, 5.41) is 9.03. The molecule has 7 heteroatoms. The second kappa shape index (κ2) is 6.01. The number of aromatic amines is 1. The Morgan fingerprint density at radius 3 is 2.52 bits per heavy atom. The molecule has 2 N–H and O–H groups in total. The van der Waals surface area contributed by atoms with Gasteiger partial charge in [-0.15, -0.1) is 0 Å². The van der Waals surface area contributed by atoms with Crippen molar-refractivity contribution in [2.45, 2.75) is 0 Å². The van der Waals surface area contributed by atoms with E-state index in [0.717, 1.165) is 5.69 Å². The first kappa shape index (κ1) is 15.3. The molecule has 2 aromatic rings. The normalized spacial score (nSPS) is 15.8. The van der Waals surface area contributed by atoms with Crippen LogP contribution >= 0.6 is 0 Å². The quantitative estimate of drug-likeness (QED) is 0.838. The molecule has 3 heterocycles. The number of carboxylic acid groups (broad SMARTS) is 1. The largest absolute Gasteiger partial charge is 0.488 e. The van der Waals surface area contributed by atoms with Gasteiger partial charge in [0.2, 0.25) is 0 Å². The van der Waals surface area contributed by atoms with Crippen molar-refractivity contribution in [1.82, 2.24) is 9.88 Å². The van der Waals surface area contributed by atoms with Gasteiger partial charge in [-0.1, -0.05) is 12.2 Å². The first-order valence-corrected chi connectivity index (χ1v) is 8.04. The number of ether oxygens (including phenoxy) is 1. The van der Waals surface area contributed by atoms with E-state index in [1.165, 1.54) is 0 Å². The number of anilines is 2. The summed E-state index contributed by atoms with van der Waals surface area (Å²) in [6.45, 7) is 2.33. The van der Waals surface area contributed by atoms with Crippen LogP contribution in [0.2, 0.25) is 0 Å². The van der Waals surface area contributed by atoms with E-state index in [1.54, 1.807) is 35.2 Å². The van der Waals surface area contributed by atoms with Crippen LogP contribution in [0.15, 0.2) is 42.5 Å². The molecule has 25 heavy (non-hydrogen) atoms. The van der Waals surface area contributed by atoms with E-state index in [4.69, 9.17) is 9.84 Å². The maximum Gasteiger partial charge on any atom is 0.335 e. The van der Waals surface area contributed by atoms with E-state index in [9.17, 15) is 9.59 Å². The number of fused-ring (bicyclic) bond motifs is 1. The molecule has 2 aliphatic heterocycles. The molecule has 1 amide bonds. The minimum atomic E-state index is -0.957. The third-order valence-corrected chi connectivity index (χ3v) is 4.37. The summed E-state index contributed by atoms with van der Waals surface area (Å²) in [7, 11) is 0. The van der Waals surface area contributed by atoms with Crippen molar-refractivity contribution in [2.24, 2.45) is 0 Å². The fraction of sp³-hybridized carbons (Fsp3) is 0.222. The Labute approximate surface area is 144 Å². The van der Waals surface area contributed by atoms with Crippen LogP contribution in [0.3, 0.4) is 0 Å². The topological polar surface area (TPSA) is 85.9 Å². The fourth-order valence-electron chi connectivity index (χ4n) is 3.07. The lowest BCUT2D eigenvalue weighted by Gasteiger charge is -2.28. The SMILES string of the molecule is O=C(O)c1ccc(N2CCOc3cc(C(=O)N4CC=CC4)[nH]c32)cc1. The summed E-state index contributed by atoms with van der Waals surface area (Å²) in [6, 6.07) is 8.37. The summed E-state index contributed by atoms with van der Waals surface area (Å²) in [4.78, 5) is 30.4. The number of nitrogens with zero attached hydrogens (tertiary/aromatic N) is 2. The summed E-state index contributed by atoms with van der Waals surface area (Å²) >= 11 is 0. The van der Waals surface area contributed by atoms with E-state index in [1.807, 2.05) is 17.1 Å². The number of aromatic carboxylic acids is 1. The molecule has 0 unspecified atom stereocenters. The molecule has 1 aromatic carbocycles. The predicted octanol–water partition coefficient (Wildman–Crippen LogP) is 2.26. The van der Waals surface area contributed by atoms with Gasteiger partial charge in [-0.3, -0.25) is 4.79 Å². The van der Waals surface area contributed by atoms with Crippen LogP contribution in [0, 0.1) is 0 Å². The number of benzene rings is 1. The number of hydrogen-bond acceptors (Lipinski definition) is 4. The lowest BCUT2D eigenvalue weighted by atomic mass is 10.2. The highest BCUT2D eigenvalue weighted by Gasteiger charge is 2.26. The maximum atomic E-state index is 12.5. The van der Waals surface area contributed by atoms with E-state index in [2.05, 4.69) is 4.98 Å². The first-order valence-electron chi connectivity index (χ1n) is 8.04. The highest BCUT2D eigenvalue weighted by molar-refractivity contribution is 5.95. The fourth-order valence-corrected chi connectivity index (χ4v) is 3.07. The Bertz CT molecular complexity index is 846. The van der Waals surface area contributed by atoms with Crippen LogP contribution in [0.1, 0.15) is 20.8 Å². The van der Waals surface area contributed by atoms with Gasteiger partial charge in [0.05, 0.1) is 12.1 Å². The van der Waals surface area contributed by atoms with E-state index in [-0.39, 0.29) is 11.5 Å². The van der Waals surface area contributed by atoms with Crippen LogP contribution in [0.4, 0.5) is 11.5 Å². The van der Waals surface area contributed by atoms with E-state index >= 15 is 0 Å². The third-order valence-electron chi connectivity index (χ3n) is 4.37. The molecule has 2 aliphatic rings. The number of nitrogens with one attached hydrogen (secondary N) is 1. The van der Waals surface area contributed by atoms with Gasteiger partial charge in [0.25, 0.3) is 5.91 Å². The molecule has 0 atom stereocenters. The predicted molar refractivity (Wildman–Crippen MR) is 91.7 cm³/mol. The van der Waals surface area contributed by atoms with Crippen molar-refractivity contribution < 1.29 is 19.4 Å². The average molecular weight is 339 g/mol. The monoisotopic (exact) mass is 339 g/mol. The zero-order valence-corrected chi connectivity index (χ0v) is 13.4. The molecule has 1 aromatic heterocycles. The Hall–Kier alpha value is -3.22. The van der Waals surface area contributed by atoms with Crippen molar-refractivity contribution in [1.29, 1.82) is 0 Å². The Kier molecular flexibility index (Phi) is 3.68. The zero-order chi connectivity index (χ0) is 17.4. The molecular formula is C18H17N3O4. The molecular weight excluding hydrogens is 322 g/mol. The summed E-state index contributed by atoms with van der Waals surface area (Å²) < 4.78 is 5.68. The van der Waals surface area contributed by atoms with E-state index in [0.29, 0.717) is 43.5 Å². The lowest BCUT2D eigenvalue weighted by Crippen LogP contribution is -2.29. The van der Waals surface area contributed by atoms with Crippen LogP contribution in [0.5, 0.6) is 5.75 Å². The Morgan fingerprint density at radius 1 is 1.12 bits per heavy atom. The second-order valence-corrected chi connectivity index (χ2v) is 5.93. The van der Waals surface area contributed by atoms with Crippen molar-refractivity contribution in [3.63, 3.8) is 0 Å². The highest BCUT2D eigenvalue weighted by Crippen LogP contribution is 2.37. The smallest absolute Gasteiger partial charge is 0.335 e. The Morgan fingerprint density at radius 2 is 1.84 bits per heavy atom. The van der Waals surface area contributed by atoms with Crippen LogP contribution in [-0.2, 0) is 0 Å². The number of carbonyl (C=O) groups is 2. The lowest BCUT2D eigenvalue weighted by molar-refractivity contribution is 0.0696. The van der Waals surface area contributed by atoms with Gasteiger partial charge in [0, 0.05) is 24.8 Å². The number of amides is 1. The van der Waals surface area contributed by atoms with E-state index < -0.39 is 5.97 Å². The van der Waals surface area contributed by atoms with Crippen molar-refractivity contribution in [3.05, 3.63) is 53.7 Å². The second-order valence-electron chi connectivity index (χ2n) is 5.93. The van der Waals surface area contributed by atoms with Crippen molar-refractivity contribution in [3.8, 4) is 5.75 Å². The number of aromatic nitrogens is 1. The maximum absolute atomic E-state index is 12.5. The number of rotatable bonds is 3. The third kappa shape index (κ3) is 2.73. The van der Waals surface area contributed by atoms with Gasteiger partial charge in [-0.25, -0.2) is 4.79 Å². The minimum absolute atomic E-state index is 0.0656. The standard InChI is InChI=1S/C18H17N3O4/c22-17(20-7-1-2-8-20)14-11-15-16(19-14)21(9-10-25-15)13-5-3-12(4-6-13)18(23)24/h1-6,11,19H,7-10H2,(H,23,24). The van der Waals surface area contributed by atoms with Gasteiger partial charge in [-0.05, 0) is 24.3 Å². The highest BCUT2D eigenvalue weighted by atomic mass is 16.5. The molecule has 0 saturated heterocycles. The Balaban J connectivity index is 1.63. The van der Waals surface area contributed by atoms with Gasteiger partial charge in [0.1, 0.15) is 12.3 Å². The molecule has 0 fully saturated rings. The molecule has 0 bridgehead atoms. The molecule has 4 rings (SSSR count). The summed E-state index contributed by atoms with van der Waals surface area (Å²) in [5.74, 6) is 0.319. The number of carbonyl (C=O) groups excluding carboxylic acids is 1. The molecule has 0 saturated carbocycles. The first-order chi connectivity index (χ1) is 12.1. The van der Waals surface area contributed by atoms with Crippen LogP contribution < -0.4 is 9.64 Å². The van der Waals surface area contributed by atoms with Crippen molar-refractivity contribution in [2.75, 3.05) is 31.1 Å². The molecule has 128 valence electrons. The van der Waals surface area contributed by atoms with Gasteiger partial charge < -0.3 is 24.6 Å². The molecule has 7 nitrogen and oxygen atoms in total. The average Bonchev–Trinajstić information content (AvgIpc) is 3.30. The van der Waals surface area contributed by atoms with Gasteiger partial charge in [0.15, 0.2) is 11.6 Å². The summed E-state index contributed by atoms with van der Waals surface area (Å²) in [6.07, 6.45) is 3.93. The number of H-pyrrole nitrogens is 1. The molecule has 0 radical (unpaired) electrons. The summed E-state index contributed by atoms with van der Waals surface area (Å²) in [5.41, 5.74) is 1.57. The van der Waals surface area contributed by atoms with Crippen molar-refractivity contribution >= 4 is 23.4 Å². The molecule has 0 spiro atoms. The van der Waals surface area contributed by atoms with Crippen LogP contribution in [-0.4, -0.2) is 53.1 Å². The van der Waals surface area contributed by atoms with Gasteiger partial charge in [-0.2, -0.15) is 0 Å². The van der Waals surface area contributed by atoms with Gasteiger partial charge >= 0.3 is 5.97 Å². The zero-order valence-electron chi connectivity index (χ0n) is 13.4.